The van der Waals surface area contributed by atoms with E-state index in [1.807, 2.05) is 6.07 Å². The van der Waals surface area contributed by atoms with Gasteiger partial charge < -0.3 is 14.2 Å². The van der Waals surface area contributed by atoms with Gasteiger partial charge in [0.15, 0.2) is 11.5 Å². The Hall–Kier alpha value is -2.50. The van der Waals surface area contributed by atoms with Crippen LogP contribution in [0.3, 0.4) is 0 Å². The van der Waals surface area contributed by atoms with Gasteiger partial charge in [-0.25, -0.2) is 21.6 Å². The number of hydrogen-bond acceptors (Lipinski definition) is 7. The van der Waals surface area contributed by atoms with Gasteiger partial charge >= 0.3 is 0 Å². The van der Waals surface area contributed by atoms with Crippen molar-refractivity contribution in [3.63, 3.8) is 0 Å². The third-order valence-corrected chi connectivity index (χ3v) is 8.58. The fourth-order valence-electron chi connectivity index (χ4n) is 3.55. The van der Waals surface area contributed by atoms with Crippen LogP contribution < -0.4 is 23.2 Å². The SMILES string of the molecule is COc1ccc(CCNS(=O)(=O)c2cc(N3CCCCS3(=O)=O)ccc2OC)cc1OC. The number of anilines is 1. The number of nitrogens with zero attached hydrogens (tertiary/aromatic N) is 1. The molecular weight excluding hydrogens is 456 g/mol. The van der Waals surface area contributed by atoms with Crippen LogP contribution in [0.15, 0.2) is 41.3 Å². The summed E-state index contributed by atoms with van der Waals surface area (Å²) in [5, 5.41) is 0. The fourth-order valence-corrected chi connectivity index (χ4v) is 6.40. The summed E-state index contributed by atoms with van der Waals surface area (Å²) in [5.41, 5.74) is 1.18. The second-order valence-corrected chi connectivity index (χ2v) is 11.0. The molecule has 1 heterocycles. The van der Waals surface area contributed by atoms with Crippen LogP contribution in [0.5, 0.6) is 17.2 Å². The zero-order valence-electron chi connectivity index (χ0n) is 18.3. The van der Waals surface area contributed by atoms with E-state index < -0.39 is 20.0 Å². The minimum atomic E-state index is -3.95. The Morgan fingerprint density at radius 2 is 1.62 bits per heavy atom. The van der Waals surface area contributed by atoms with E-state index >= 15 is 0 Å². The summed E-state index contributed by atoms with van der Waals surface area (Å²) in [5.74, 6) is 1.34. The molecule has 1 N–H and O–H groups in total. The number of nitrogens with one attached hydrogen (secondary N) is 1. The van der Waals surface area contributed by atoms with Crippen LogP contribution in [-0.4, -0.2) is 57.0 Å². The molecule has 0 radical (unpaired) electrons. The van der Waals surface area contributed by atoms with Crippen molar-refractivity contribution in [1.29, 1.82) is 0 Å². The fraction of sp³-hybridized carbons (Fsp3) is 0.429. The van der Waals surface area contributed by atoms with Crippen LogP contribution in [-0.2, 0) is 26.5 Å². The van der Waals surface area contributed by atoms with Crippen LogP contribution >= 0.6 is 0 Å². The molecular formula is C21H28N2O7S2. The molecule has 9 nitrogen and oxygen atoms in total. The van der Waals surface area contributed by atoms with Crippen molar-refractivity contribution >= 4 is 25.7 Å². The van der Waals surface area contributed by atoms with E-state index in [-0.39, 0.29) is 22.9 Å². The second kappa shape index (κ2) is 9.97. The van der Waals surface area contributed by atoms with Gasteiger partial charge in [-0.05, 0) is 55.2 Å². The number of benzene rings is 2. The zero-order valence-corrected chi connectivity index (χ0v) is 20.0. The molecule has 1 aliphatic rings. The molecule has 3 rings (SSSR count). The molecule has 0 amide bonds. The summed E-state index contributed by atoms with van der Waals surface area (Å²) in [4.78, 5) is -0.106. The van der Waals surface area contributed by atoms with E-state index in [0.29, 0.717) is 36.6 Å². The summed E-state index contributed by atoms with van der Waals surface area (Å²) in [6.07, 6.45) is 1.73. The first-order chi connectivity index (χ1) is 15.2. The van der Waals surface area contributed by atoms with Gasteiger partial charge in [0.2, 0.25) is 20.0 Å². The summed E-state index contributed by atoms with van der Waals surface area (Å²) in [7, 11) is -2.97. The molecule has 1 fully saturated rings. The predicted molar refractivity (Wildman–Crippen MR) is 122 cm³/mol. The van der Waals surface area contributed by atoms with Crippen LogP contribution in [0.2, 0.25) is 0 Å². The minimum absolute atomic E-state index is 0.0463. The summed E-state index contributed by atoms with van der Waals surface area (Å²) in [6.45, 7) is 0.452. The summed E-state index contributed by atoms with van der Waals surface area (Å²) < 4.78 is 70.5. The first-order valence-electron chi connectivity index (χ1n) is 10.1. The molecule has 0 spiro atoms. The van der Waals surface area contributed by atoms with E-state index in [0.717, 1.165) is 12.0 Å². The molecule has 0 aliphatic carbocycles. The van der Waals surface area contributed by atoms with Crippen molar-refractivity contribution in [2.75, 3.05) is 44.5 Å². The molecule has 0 unspecified atom stereocenters. The first-order valence-corrected chi connectivity index (χ1v) is 13.2. The third-order valence-electron chi connectivity index (χ3n) is 5.23. The Morgan fingerprint density at radius 3 is 2.28 bits per heavy atom. The van der Waals surface area contributed by atoms with Crippen LogP contribution in [0.25, 0.3) is 0 Å². The summed E-state index contributed by atoms with van der Waals surface area (Å²) in [6, 6.07) is 9.76. The quantitative estimate of drug-likeness (QED) is 0.581. The molecule has 0 atom stereocenters. The molecule has 11 heteroatoms. The summed E-state index contributed by atoms with van der Waals surface area (Å²) >= 11 is 0. The molecule has 0 aromatic heterocycles. The average molecular weight is 485 g/mol. The Labute approximate surface area is 189 Å². The third kappa shape index (κ3) is 5.28. The molecule has 1 aliphatic heterocycles. The van der Waals surface area contributed by atoms with Gasteiger partial charge in [-0.3, -0.25) is 4.31 Å². The van der Waals surface area contributed by atoms with E-state index in [9.17, 15) is 16.8 Å². The Morgan fingerprint density at radius 1 is 0.938 bits per heavy atom. The number of sulfonamides is 2. The van der Waals surface area contributed by atoms with E-state index in [4.69, 9.17) is 14.2 Å². The van der Waals surface area contributed by atoms with Crippen molar-refractivity contribution in [2.45, 2.75) is 24.2 Å². The zero-order chi connectivity index (χ0) is 23.4. The number of rotatable bonds is 9. The Kier molecular flexibility index (Phi) is 7.52. The molecule has 2 aromatic rings. The van der Waals surface area contributed by atoms with Gasteiger partial charge in [0.25, 0.3) is 0 Å². The first kappa shape index (κ1) is 24.1. The molecule has 2 aromatic carbocycles. The number of ether oxygens (including phenoxy) is 3. The van der Waals surface area contributed by atoms with Crippen molar-refractivity contribution < 1.29 is 31.0 Å². The molecule has 32 heavy (non-hydrogen) atoms. The molecule has 0 bridgehead atoms. The van der Waals surface area contributed by atoms with Gasteiger partial charge in [-0.15, -0.1) is 0 Å². The molecule has 176 valence electrons. The van der Waals surface area contributed by atoms with Crippen molar-refractivity contribution in [3.05, 3.63) is 42.0 Å². The highest BCUT2D eigenvalue weighted by molar-refractivity contribution is 7.92. The van der Waals surface area contributed by atoms with Gasteiger partial charge in [0.05, 0.1) is 32.8 Å². The maximum atomic E-state index is 13.0. The molecule has 0 saturated carbocycles. The Balaban J connectivity index is 1.80. The lowest BCUT2D eigenvalue weighted by molar-refractivity contribution is 0.354. The maximum absolute atomic E-state index is 13.0. The lowest BCUT2D eigenvalue weighted by Gasteiger charge is -2.28. The molecule has 1 saturated heterocycles. The normalized spacial score (nSPS) is 15.9. The van der Waals surface area contributed by atoms with Gasteiger partial charge in [-0.2, -0.15) is 0 Å². The highest BCUT2D eigenvalue weighted by atomic mass is 32.2. The van der Waals surface area contributed by atoms with E-state index in [2.05, 4.69) is 4.72 Å². The van der Waals surface area contributed by atoms with Gasteiger partial charge in [0.1, 0.15) is 10.6 Å². The Bertz CT molecular complexity index is 1160. The van der Waals surface area contributed by atoms with Crippen molar-refractivity contribution in [3.8, 4) is 17.2 Å². The van der Waals surface area contributed by atoms with Gasteiger partial charge in [0, 0.05) is 13.1 Å². The highest BCUT2D eigenvalue weighted by Crippen LogP contribution is 2.32. The van der Waals surface area contributed by atoms with Crippen molar-refractivity contribution in [2.24, 2.45) is 0 Å². The number of hydrogen-bond donors (Lipinski definition) is 1. The number of methoxy groups -OCH3 is 3. The van der Waals surface area contributed by atoms with Crippen LogP contribution in [0.4, 0.5) is 5.69 Å². The standard InChI is InChI=1S/C21H28N2O7S2/c1-28-18-8-6-16(14-20(18)30-3)10-11-22-32(26,27)21-15-17(7-9-19(21)29-2)23-12-4-5-13-31(23,24)25/h6-9,14-15,22H,4-5,10-13H2,1-3H3. The lowest BCUT2D eigenvalue weighted by atomic mass is 10.1. The lowest BCUT2D eigenvalue weighted by Crippen LogP contribution is -2.38. The van der Waals surface area contributed by atoms with Crippen molar-refractivity contribution in [1.82, 2.24) is 4.72 Å². The van der Waals surface area contributed by atoms with Crippen LogP contribution in [0, 0.1) is 0 Å². The largest absolute Gasteiger partial charge is 0.495 e. The predicted octanol–water partition coefficient (Wildman–Crippen LogP) is 2.16. The van der Waals surface area contributed by atoms with E-state index in [1.54, 1.807) is 25.3 Å². The average Bonchev–Trinajstić information content (AvgIpc) is 2.78. The van der Waals surface area contributed by atoms with Crippen LogP contribution in [0.1, 0.15) is 18.4 Å². The maximum Gasteiger partial charge on any atom is 0.244 e. The van der Waals surface area contributed by atoms with E-state index in [1.165, 1.54) is 30.7 Å². The monoisotopic (exact) mass is 484 g/mol. The minimum Gasteiger partial charge on any atom is -0.495 e. The van der Waals surface area contributed by atoms with Gasteiger partial charge in [-0.1, -0.05) is 6.07 Å². The highest BCUT2D eigenvalue weighted by Gasteiger charge is 2.28. The second-order valence-electron chi connectivity index (χ2n) is 7.27. The topological polar surface area (TPSA) is 111 Å². The smallest absolute Gasteiger partial charge is 0.244 e.